The van der Waals surface area contributed by atoms with Gasteiger partial charge >= 0.3 is 6.18 Å². The summed E-state index contributed by atoms with van der Waals surface area (Å²) in [5, 5.41) is 11.3. The number of amides is 1. The first kappa shape index (κ1) is 18.4. The van der Waals surface area contributed by atoms with E-state index in [1.54, 1.807) is 10.8 Å². The molecule has 0 spiro atoms. The Hall–Kier alpha value is -2.94. The Kier molecular flexibility index (Phi) is 4.80. The minimum atomic E-state index is -4.68. The minimum Gasteiger partial charge on any atom is -0.272 e. The van der Waals surface area contributed by atoms with Crippen LogP contribution in [0.2, 0.25) is 0 Å². The van der Waals surface area contributed by atoms with E-state index in [0.717, 1.165) is 18.5 Å². The van der Waals surface area contributed by atoms with E-state index >= 15 is 0 Å². The number of hydrogen-bond donors (Lipinski definition) is 1. The van der Waals surface area contributed by atoms with Gasteiger partial charge in [-0.3, -0.25) is 9.48 Å². The standard InChI is InChI=1S/C13H10F3N5O3S/c1-8(21-5-4-10(19-21)13(14,15)16)12(22)20-25(23,24)11-3-2-9(6-17)7-18-11/h2-5,7-8H,1H3,(H,20,22). The molecule has 2 aromatic heterocycles. The lowest BCUT2D eigenvalue weighted by Crippen LogP contribution is -2.36. The van der Waals surface area contributed by atoms with Crippen LogP contribution in [0.4, 0.5) is 13.2 Å². The SMILES string of the molecule is CC(C(=O)NS(=O)(=O)c1ccc(C#N)cn1)n1ccc(C(F)(F)F)n1. The lowest BCUT2D eigenvalue weighted by atomic mass is 10.3. The Morgan fingerprint density at radius 3 is 2.52 bits per heavy atom. The number of nitrogens with one attached hydrogen (secondary N) is 1. The summed E-state index contributed by atoms with van der Waals surface area (Å²) >= 11 is 0. The fourth-order valence-corrected chi connectivity index (χ4v) is 2.68. The number of halogens is 3. The highest BCUT2D eigenvalue weighted by Gasteiger charge is 2.34. The van der Waals surface area contributed by atoms with Crippen LogP contribution in [-0.4, -0.2) is 29.1 Å². The van der Waals surface area contributed by atoms with Crippen molar-refractivity contribution in [3.8, 4) is 6.07 Å². The summed E-state index contributed by atoms with van der Waals surface area (Å²) in [7, 11) is -4.34. The summed E-state index contributed by atoms with van der Waals surface area (Å²) < 4.78 is 64.1. The third-order valence-corrected chi connectivity index (χ3v) is 4.31. The second kappa shape index (κ2) is 6.52. The highest BCUT2D eigenvalue weighted by molar-refractivity contribution is 7.90. The molecule has 1 unspecified atom stereocenters. The molecule has 8 nitrogen and oxygen atoms in total. The average Bonchev–Trinajstić information content (AvgIpc) is 3.04. The van der Waals surface area contributed by atoms with Crippen LogP contribution in [0.15, 0.2) is 35.6 Å². The lowest BCUT2D eigenvalue weighted by Gasteiger charge is -2.13. The molecule has 1 amide bonds. The van der Waals surface area contributed by atoms with Gasteiger partial charge in [-0.1, -0.05) is 0 Å². The normalized spacial score (nSPS) is 13.1. The number of nitriles is 1. The van der Waals surface area contributed by atoms with Gasteiger partial charge in [0.25, 0.3) is 15.9 Å². The fraction of sp³-hybridized carbons (Fsp3) is 0.231. The van der Waals surface area contributed by atoms with Gasteiger partial charge in [-0.05, 0) is 25.1 Å². The van der Waals surface area contributed by atoms with E-state index in [1.807, 2.05) is 0 Å². The van der Waals surface area contributed by atoms with Crippen LogP contribution in [0.3, 0.4) is 0 Å². The maximum atomic E-state index is 12.5. The summed E-state index contributed by atoms with van der Waals surface area (Å²) in [6.45, 7) is 1.18. The molecule has 0 saturated carbocycles. The number of alkyl halides is 3. The van der Waals surface area contributed by atoms with E-state index in [0.29, 0.717) is 10.7 Å². The zero-order chi connectivity index (χ0) is 18.8. The Bertz CT molecular complexity index is 929. The van der Waals surface area contributed by atoms with Gasteiger partial charge in [0.2, 0.25) is 0 Å². The molecule has 0 radical (unpaired) electrons. The summed E-state index contributed by atoms with van der Waals surface area (Å²) in [5.74, 6) is -1.09. The number of sulfonamides is 1. The first-order valence-electron chi connectivity index (χ1n) is 6.60. The third-order valence-electron chi connectivity index (χ3n) is 3.05. The topological polar surface area (TPSA) is 118 Å². The molecule has 12 heteroatoms. The molecule has 0 aliphatic heterocycles. The van der Waals surface area contributed by atoms with Crippen molar-refractivity contribution in [2.24, 2.45) is 0 Å². The van der Waals surface area contributed by atoms with Gasteiger partial charge in [0.05, 0.1) is 5.56 Å². The van der Waals surface area contributed by atoms with Gasteiger partial charge in [-0.15, -0.1) is 0 Å². The zero-order valence-electron chi connectivity index (χ0n) is 12.5. The van der Waals surface area contributed by atoms with Crippen molar-refractivity contribution >= 4 is 15.9 Å². The zero-order valence-corrected chi connectivity index (χ0v) is 13.3. The number of carbonyl (C=O) groups excluding carboxylic acids is 1. The first-order valence-corrected chi connectivity index (χ1v) is 8.08. The Morgan fingerprint density at radius 1 is 1.36 bits per heavy atom. The molecule has 25 heavy (non-hydrogen) atoms. The average molecular weight is 373 g/mol. The molecule has 2 rings (SSSR count). The van der Waals surface area contributed by atoms with E-state index in [4.69, 9.17) is 5.26 Å². The van der Waals surface area contributed by atoms with Crippen LogP contribution in [0.5, 0.6) is 0 Å². The third kappa shape index (κ3) is 4.13. The Morgan fingerprint density at radius 2 is 2.04 bits per heavy atom. The van der Waals surface area contributed by atoms with Crippen molar-refractivity contribution in [2.75, 3.05) is 0 Å². The van der Waals surface area contributed by atoms with Crippen LogP contribution in [0.25, 0.3) is 0 Å². The van der Waals surface area contributed by atoms with Gasteiger partial charge in [-0.25, -0.2) is 9.71 Å². The predicted octanol–water partition coefficient (Wildman–Crippen LogP) is 1.23. The number of nitrogens with zero attached hydrogens (tertiary/aromatic N) is 4. The smallest absolute Gasteiger partial charge is 0.272 e. The minimum absolute atomic E-state index is 0.120. The molecule has 1 atom stereocenters. The number of pyridine rings is 1. The van der Waals surface area contributed by atoms with Crippen molar-refractivity contribution in [3.63, 3.8) is 0 Å². The molecule has 0 fully saturated rings. The second-order valence-electron chi connectivity index (χ2n) is 4.82. The van der Waals surface area contributed by atoms with E-state index < -0.39 is 38.9 Å². The van der Waals surface area contributed by atoms with Crippen LogP contribution < -0.4 is 4.72 Å². The summed E-state index contributed by atoms with van der Waals surface area (Å²) in [5.41, 5.74) is -1.08. The predicted molar refractivity (Wildman–Crippen MR) is 76.2 cm³/mol. The van der Waals surface area contributed by atoms with Crippen molar-refractivity contribution in [3.05, 3.63) is 41.9 Å². The van der Waals surface area contributed by atoms with Crippen LogP contribution in [0.1, 0.15) is 24.2 Å². The molecule has 0 aliphatic carbocycles. The maximum absolute atomic E-state index is 12.5. The van der Waals surface area contributed by atoms with Crippen LogP contribution >= 0.6 is 0 Å². The molecule has 2 aromatic rings. The second-order valence-corrected chi connectivity index (χ2v) is 6.45. The molecule has 1 N–H and O–H groups in total. The highest BCUT2D eigenvalue weighted by atomic mass is 32.2. The monoisotopic (exact) mass is 373 g/mol. The van der Waals surface area contributed by atoms with Gasteiger partial charge in [0, 0.05) is 12.4 Å². The number of hydrogen-bond acceptors (Lipinski definition) is 6. The van der Waals surface area contributed by atoms with E-state index in [-0.39, 0.29) is 5.56 Å². The highest BCUT2D eigenvalue weighted by Crippen LogP contribution is 2.27. The van der Waals surface area contributed by atoms with Gasteiger partial charge in [0.15, 0.2) is 10.7 Å². The van der Waals surface area contributed by atoms with Crippen LogP contribution in [0, 0.1) is 11.3 Å². The molecule has 0 aliphatic rings. The molecule has 2 heterocycles. The van der Waals surface area contributed by atoms with E-state index in [9.17, 15) is 26.4 Å². The van der Waals surface area contributed by atoms with E-state index in [1.165, 1.54) is 13.0 Å². The fourth-order valence-electron chi connectivity index (χ4n) is 1.70. The van der Waals surface area contributed by atoms with Crippen molar-refractivity contribution in [1.29, 1.82) is 5.26 Å². The lowest BCUT2D eigenvalue weighted by molar-refractivity contribution is -0.142. The van der Waals surface area contributed by atoms with E-state index in [2.05, 4.69) is 10.1 Å². The number of aromatic nitrogens is 3. The first-order chi connectivity index (χ1) is 11.5. The maximum Gasteiger partial charge on any atom is 0.435 e. The molecule has 0 bridgehead atoms. The Labute approximate surface area is 140 Å². The number of rotatable bonds is 4. The molecular weight excluding hydrogens is 363 g/mol. The van der Waals surface area contributed by atoms with Gasteiger partial charge < -0.3 is 0 Å². The van der Waals surface area contributed by atoms with Crippen LogP contribution in [-0.2, 0) is 21.0 Å². The van der Waals surface area contributed by atoms with Crippen molar-refractivity contribution < 1.29 is 26.4 Å². The Balaban J connectivity index is 2.17. The largest absolute Gasteiger partial charge is 0.435 e. The van der Waals surface area contributed by atoms with Crippen molar-refractivity contribution in [2.45, 2.75) is 24.2 Å². The summed E-state index contributed by atoms with van der Waals surface area (Å²) in [4.78, 5) is 15.5. The van der Waals surface area contributed by atoms with Gasteiger partial charge in [0.1, 0.15) is 12.1 Å². The number of carbonyl (C=O) groups is 1. The summed E-state index contributed by atoms with van der Waals surface area (Å²) in [6, 6.07) is 3.32. The van der Waals surface area contributed by atoms with Gasteiger partial charge in [-0.2, -0.15) is 31.9 Å². The summed E-state index contributed by atoms with van der Waals surface area (Å²) in [6.07, 6.45) is -2.76. The molecule has 0 saturated heterocycles. The molecular formula is C13H10F3N5O3S. The molecule has 132 valence electrons. The van der Waals surface area contributed by atoms with Crippen molar-refractivity contribution in [1.82, 2.24) is 19.5 Å². The quantitative estimate of drug-likeness (QED) is 0.861. The molecule has 0 aromatic carbocycles.